The molecular formula is C40H28FN3. The average molecular weight is 570 g/mol. The maximum absolute atomic E-state index is 13.4. The molecule has 0 aliphatic rings. The first kappa shape index (κ1) is 27.1. The van der Waals surface area contributed by atoms with E-state index in [0.717, 1.165) is 66.8 Å². The molecule has 0 bridgehead atoms. The van der Waals surface area contributed by atoms with Crippen LogP contribution in [0.25, 0.3) is 66.8 Å². The van der Waals surface area contributed by atoms with Gasteiger partial charge in [-0.2, -0.15) is 0 Å². The number of hydrogen-bond acceptors (Lipinski definition) is 3. The number of aromatic nitrogens is 3. The molecule has 4 aromatic carbocycles. The number of hydrogen-bond donors (Lipinski definition) is 0. The quantitative estimate of drug-likeness (QED) is 0.192. The van der Waals surface area contributed by atoms with Crippen molar-refractivity contribution in [2.45, 2.75) is 6.67 Å². The van der Waals surface area contributed by atoms with E-state index in [2.05, 4.69) is 106 Å². The maximum atomic E-state index is 13.4. The minimum atomic E-state index is -0.540. The van der Waals surface area contributed by atoms with Gasteiger partial charge in [0.15, 0.2) is 0 Å². The molecule has 3 heterocycles. The van der Waals surface area contributed by atoms with Crippen molar-refractivity contribution in [2.24, 2.45) is 0 Å². The topological polar surface area (TPSA) is 38.7 Å². The molecule has 0 saturated carbocycles. The SMILES string of the molecule is FCc1cncc(-c2cccc(-c3cc(-c4cccc(-c5cccnc5)c4)cc(-c4cccc(-c5cccnc5)c4)c3)c2)c1. The van der Waals surface area contributed by atoms with Crippen molar-refractivity contribution in [2.75, 3.05) is 0 Å². The lowest BCUT2D eigenvalue weighted by Gasteiger charge is -2.14. The van der Waals surface area contributed by atoms with E-state index in [4.69, 9.17) is 0 Å². The largest absolute Gasteiger partial charge is 0.264 e. The molecule has 3 aromatic heterocycles. The Hall–Kier alpha value is -5.74. The minimum absolute atomic E-state index is 0.540. The Kier molecular flexibility index (Phi) is 7.54. The summed E-state index contributed by atoms with van der Waals surface area (Å²) < 4.78 is 13.4. The lowest BCUT2D eigenvalue weighted by molar-refractivity contribution is 0.484. The van der Waals surface area contributed by atoms with Gasteiger partial charge in [0.1, 0.15) is 6.67 Å². The van der Waals surface area contributed by atoms with Gasteiger partial charge in [0.25, 0.3) is 0 Å². The van der Waals surface area contributed by atoms with Gasteiger partial charge >= 0.3 is 0 Å². The van der Waals surface area contributed by atoms with Gasteiger partial charge < -0.3 is 0 Å². The van der Waals surface area contributed by atoms with Crippen molar-refractivity contribution in [1.82, 2.24) is 15.0 Å². The molecule has 0 atom stereocenters. The summed E-state index contributed by atoms with van der Waals surface area (Å²) in [6.07, 6.45) is 10.7. The number of nitrogens with zero attached hydrogens (tertiary/aromatic N) is 3. The molecule has 0 fully saturated rings. The molecule has 0 aliphatic carbocycles. The summed E-state index contributed by atoms with van der Waals surface area (Å²) in [5, 5.41) is 0. The van der Waals surface area contributed by atoms with Gasteiger partial charge in [-0.3, -0.25) is 15.0 Å². The maximum Gasteiger partial charge on any atom is 0.116 e. The summed E-state index contributed by atoms with van der Waals surface area (Å²) in [5.41, 5.74) is 13.5. The van der Waals surface area contributed by atoms with Gasteiger partial charge in [0.05, 0.1) is 0 Å². The normalized spacial score (nSPS) is 10.9. The lowest BCUT2D eigenvalue weighted by Crippen LogP contribution is -1.89. The third-order valence-electron chi connectivity index (χ3n) is 7.79. The zero-order valence-corrected chi connectivity index (χ0v) is 23.9. The van der Waals surface area contributed by atoms with E-state index in [1.807, 2.05) is 42.7 Å². The van der Waals surface area contributed by atoms with E-state index in [0.29, 0.717) is 5.56 Å². The molecule has 3 nitrogen and oxygen atoms in total. The summed E-state index contributed by atoms with van der Waals surface area (Å²) in [7, 11) is 0. The molecule has 44 heavy (non-hydrogen) atoms. The molecule has 4 heteroatoms. The van der Waals surface area contributed by atoms with Crippen LogP contribution in [0.4, 0.5) is 4.39 Å². The van der Waals surface area contributed by atoms with Crippen LogP contribution in [0.1, 0.15) is 5.56 Å². The van der Waals surface area contributed by atoms with Gasteiger partial charge in [-0.1, -0.05) is 66.7 Å². The second-order valence-electron chi connectivity index (χ2n) is 10.7. The van der Waals surface area contributed by atoms with E-state index in [1.54, 1.807) is 24.8 Å². The first-order valence-electron chi connectivity index (χ1n) is 14.5. The van der Waals surface area contributed by atoms with Crippen LogP contribution in [0.2, 0.25) is 0 Å². The Bertz CT molecular complexity index is 1950. The van der Waals surface area contributed by atoms with E-state index >= 15 is 0 Å². The molecule has 0 unspecified atom stereocenters. The third kappa shape index (κ3) is 5.79. The Morgan fingerprint density at radius 3 is 1.11 bits per heavy atom. The van der Waals surface area contributed by atoms with Crippen LogP contribution in [0.15, 0.2) is 159 Å². The number of benzene rings is 4. The molecule has 0 aliphatic heterocycles. The fourth-order valence-corrected chi connectivity index (χ4v) is 5.55. The Balaban J connectivity index is 1.37. The molecular weight excluding hydrogens is 541 g/mol. The Labute approximate surface area is 256 Å². The molecule has 0 radical (unpaired) electrons. The highest BCUT2D eigenvalue weighted by molar-refractivity contribution is 5.85. The third-order valence-corrected chi connectivity index (χ3v) is 7.79. The summed E-state index contributed by atoms with van der Waals surface area (Å²) in [4.78, 5) is 12.9. The lowest BCUT2D eigenvalue weighted by atomic mass is 9.90. The van der Waals surface area contributed by atoms with Crippen LogP contribution < -0.4 is 0 Å². The van der Waals surface area contributed by atoms with Crippen molar-refractivity contribution in [3.8, 4) is 66.8 Å². The van der Waals surface area contributed by atoms with Gasteiger partial charge in [0.2, 0.25) is 0 Å². The first-order valence-corrected chi connectivity index (χ1v) is 14.5. The summed E-state index contributed by atoms with van der Waals surface area (Å²) >= 11 is 0. The molecule has 0 amide bonds. The van der Waals surface area contributed by atoms with Crippen molar-refractivity contribution < 1.29 is 4.39 Å². The van der Waals surface area contributed by atoms with Crippen LogP contribution in [-0.4, -0.2) is 15.0 Å². The smallest absolute Gasteiger partial charge is 0.116 e. The Morgan fingerprint density at radius 1 is 0.341 bits per heavy atom. The van der Waals surface area contributed by atoms with Crippen LogP contribution in [0.3, 0.4) is 0 Å². The number of halogens is 1. The van der Waals surface area contributed by atoms with Gasteiger partial charge in [0, 0.05) is 59.4 Å². The van der Waals surface area contributed by atoms with E-state index in [1.165, 1.54) is 0 Å². The Morgan fingerprint density at radius 2 is 0.705 bits per heavy atom. The molecule has 0 saturated heterocycles. The summed E-state index contributed by atoms with van der Waals surface area (Å²) in [6.45, 7) is -0.540. The number of rotatable bonds is 7. The first-order chi connectivity index (χ1) is 21.7. The zero-order chi connectivity index (χ0) is 29.7. The van der Waals surface area contributed by atoms with E-state index in [-0.39, 0.29) is 0 Å². The second kappa shape index (κ2) is 12.2. The van der Waals surface area contributed by atoms with Crippen LogP contribution >= 0.6 is 0 Å². The van der Waals surface area contributed by atoms with Crippen LogP contribution in [0, 0.1) is 0 Å². The standard InChI is InChI=1S/C40H28FN3/c41-23-28-16-40(27-44-24-28)34-11-3-10-33(19-34)39-21-37(31-8-1-6-29(17-31)35-12-4-14-42-25-35)20-38(22-39)32-9-2-7-30(18-32)36-13-5-15-43-26-36/h1-22,24-27H,23H2. The van der Waals surface area contributed by atoms with E-state index < -0.39 is 6.67 Å². The average Bonchev–Trinajstić information content (AvgIpc) is 3.12. The molecule has 0 N–H and O–H groups in total. The molecule has 0 spiro atoms. The van der Waals surface area contributed by atoms with Crippen molar-refractivity contribution >= 4 is 0 Å². The summed E-state index contributed by atoms with van der Waals surface area (Å²) in [5.74, 6) is 0. The van der Waals surface area contributed by atoms with Gasteiger partial charge in [-0.15, -0.1) is 0 Å². The molecule has 7 aromatic rings. The fourth-order valence-electron chi connectivity index (χ4n) is 5.55. The summed E-state index contributed by atoms with van der Waals surface area (Å²) in [6, 6.07) is 42.2. The predicted octanol–water partition coefficient (Wildman–Crippen LogP) is 10.3. The highest BCUT2D eigenvalue weighted by Crippen LogP contribution is 2.36. The van der Waals surface area contributed by atoms with Gasteiger partial charge in [-0.05, 0) is 105 Å². The monoisotopic (exact) mass is 569 g/mol. The highest BCUT2D eigenvalue weighted by Gasteiger charge is 2.11. The zero-order valence-electron chi connectivity index (χ0n) is 23.9. The van der Waals surface area contributed by atoms with Crippen LogP contribution in [-0.2, 0) is 6.67 Å². The molecule has 210 valence electrons. The second-order valence-corrected chi connectivity index (χ2v) is 10.7. The predicted molar refractivity (Wildman–Crippen MR) is 177 cm³/mol. The van der Waals surface area contributed by atoms with E-state index in [9.17, 15) is 4.39 Å². The minimum Gasteiger partial charge on any atom is -0.264 e. The number of pyridine rings is 3. The number of alkyl halides is 1. The van der Waals surface area contributed by atoms with Crippen molar-refractivity contribution in [1.29, 1.82) is 0 Å². The van der Waals surface area contributed by atoms with Gasteiger partial charge in [-0.25, -0.2) is 4.39 Å². The van der Waals surface area contributed by atoms with Crippen molar-refractivity contribution in [3.05, 3.63) is 164 Å². The van der Waals surface area contributed by atoms with Crippen molar-refractivity contribution in [3.63, 3.8) is 0 Å². The highest BCUT2D eigenvalue weighted by atomic mass is 19.1. The molecule has 7 rings (SSSR count). The van der Waals surface area contributed by atoms with Crippen LogP contribution in [0.5, 0.6) is 0 Å². The fraction of sp³-hybridized carbons (Fsp3) is 0.0250.